The Labute approximate surface area is 125 Å². The first-order valence-electron chi connectivity index (χ1n) is 6.17. The van der Waals surface area contributed by atoms with E-state index < -0.39 is 23.8 Å². The zero-order valence-electron chi connectivity index (χ0n) is 11.2. The molecule has 1 aromatic rings. The molecule has 1 aromatic carbocycles. The number of benzene rings is 1. The number of carbonyl (C=O) groups is 2. The molecule has 0 bridgehead atoms. The Hall–Kier alpha value is -1.63. The van der Waals surface area contributed by atoms with Crippen LogP contribution < -0.4 is 16.4 Å². The van der Waals surface area contributed by atoms with Gasteiger partial charge in [0.25, 0.3) is 0 Å². The van der Waals surface area contributed by atoms with Crippen LogP contribution in [-0.4, -0.2) is 18.0 Å². The second-order valence-electron chi connectivity index (χ2n) is 4.49. The highest BCUT2D eigenvalue weighted by Crippen LogP contribution is 2.20. The van der Waals surface area contributed by atoms with E-state index in [1.165, 1.54) is 12.1 Å². The van der Waals surface area contributed by atoms with Crippen LogP contribution >= 0.6 is 15.9 Å². The van der Waals surface area contributed by atoms with E-state index in [2.05, 4.69) is 26.6 Å². The predicted molar refractivity (Wildman–Crippen MR) is 78.7 cm³/mol. The van der Waals surface area contributed by atoms with Gasteiger partial charge in [0.15, 0.2) is 0 Å². The van der Waals surface area contributed by atoms with E-state index in [1.54, 1.807) is 13.0 Å². The number of nitrogens with two attached hydrogens (primary N) is 1. The number of nitrogens with one attached hydrogen (secondary N) is 2. The molecular formula is C13H17BrFN3O2. The van der Waals surface area contributed by atoms with Gasteiger partial charge in [-0.1, -0.05) is 36.2 Å². The molecule has 0 unspecified atom stereocenters. The van der Waals surface area contributed by atoms with E-state index in [-0.39, 0.29) is 11.6 Å². The van der Waals surface area contributed by atoms with Crippen LogP contribution in [0.15, 0.2) is 22.7 Å². The van der Waals surface area contributed by atoms with Gasteiger partial charge in [-0.25, -0.2) is 9.18 Å². The molecule has 0 aromatic heterocycles. The van der Waals surface area contributed by atoms with Crippen molar-refractivity contribution in [2.45, 2.75) is 26.3 Å². The summed E-state index contributed by atoms with van der Waals surface area (Å²) in [6, 6.07) is 2.70. The quantitative estimate of drug-likeness (QED) is 0.766. The van der Waals surface area contributed by atoms with Gasteiger partial charge in [-0.15, -0.1) is 0 Å². The van der Waals surface area contributed by atoms with Crippen molar-refractivity contribution in [3.05, 3.63) is 28.5 Å². The zero-order valence-corrected chi connectivity index (χ0v) is 12.8. The summed E-state index contributed by atoms with van der Waals surface area (Å²) in [5, 5.41) is 4.83. The lowest BCUT2D eigenvalue weighted by atomic mass is 9.98. The van der Waals surface area contributed by atoms with E-state index in [0.717, 1.165) is 0 Å². The van der Waals surface area contributed by atoms with Crippen LogP contribution in [0.1, 0.15) is 20.3 Å². The molecule has 0 radical (unpaired) electrons. The minimum atomic E-state index is -0.805. The SMILES string of the molecule is CC[C@H](C)[C@@H](NC(N)=O)C(=O)Nc1ccc(Br)cc1F. The minimum Gasteiger partial charge on any atom is -0.352 e. The molecule has 2 atom stereocenters. The molecule has 1 rings (SSSR count). The number of urea groups is 1. The van der Waals surface area contributed by atoms with Crippen LogP contribution in [0.5, 0.6) is 0 Å². The molecule has 0 aliphatic heterocycles. The Morgan fingerprint density at radius 2 is 2.10 bits per heavy atom. The summed E-state index contributed by atoms with van der Waals surface area (Å²) in [6.45, 7) is 3.69. The van der Waals surface area contributed by atoms with Crippen molar-refractivity contribution < 1.29 is 14.0 Å². The lowest BCUT2D eigenvalue weighted by molar-refractivity contribution is -0.119. The largest absolute Gasteiger partial charge is 0.352 e. The maximum absolute atomic E-state index is 13.7. The third kappa shape index (κ3) is 4.48. The molecule has 3 amide bonds. The molecule has 4 N–H and O–H groups in total. The molecule has 7 heteroatoms. The number of hydrogen-bond acceptors (Lipinski definition) is 2. The predicted octanol–water partition coefficient (Wildman–Crippen LogP) is 2.61. The van der Waals surface area contributed by atoms with E-state index in [1.807, 2.05) is 6.92 Å². The topological polar surface area (TPSA) is 84.2 Å². The average Bonchev–Trinajstić information content (AvgIpc) is 2.38. The fourth-order valence-corrected chi connectivity index (χ4v) is 1.99. The van der Waals surface area contributed by atoms with Crippen LogP contribution in [0.4, 0.5) is 14.9 Å². The summed E-state index contributed by atoms with van der Waals surface area (Å²) in [5.41, 5.74) is 5.11. The van der Waals surface area contributed by atoms with Crippen LogP contribution in [-0.2, 0) is 4.79 Å². The van der Waals surface area contributed by atoms with Gasteiger partial charge in [0.05, 0.1) is 5.69 Å². The average molecular weight is 346 g/mol. The second kappa shape index (κ2) is 7.23. The Morgan fingerprint density at radius 3 is 2.60 bits per heavy atom. The number of halogens is 2. The van der Waals surface area contributed by atoms with E-state index >= 15 is 0 Å². The van der Waals surface area contributed by atoms with Gasteiger partial charge in [-0.2, -0.15) is 0 Å². The Morgan fingerprint density at radius 1 is 1.45 bits per heavy atom. The van der Waals surface area contributed by atoms with E-state index in [4.69, 9.17) is 5.73 Å². The fourth-order valence-electron chi connectivity index (χ4n) is 1.66. The van der Waals surface area contributed by atoms with E-state index in [9.17, 15) is 14.0 Å². The Balaban J connectivity index is 2.87. The van der Waals surface area contributed by atoms with Gasteiger partial charge >= 0.3 is 6.03 Å². The van der Waals surface area contributed by atoms with Crippen molar-refractivity contribution in [3.8, 4) is 0 Å². The molecule has 0 saturated carbocycles. The summed E-state index contributed by atoms with van der Waals surface area (Å²) in [4.78, 5) is 23.1. The highest BCUT2D eigenvalue weighted by atomic mass is 79.9. The van der Waals surface area contributed by atoms with Crippen molar-refractivity contribution >= 4 is 33.6 Å². The number of carbonyl (C=O) groups excluding carboxylic acids is 2. The summed E-state index contributed by atoms with van der Waals surface area (Å²) >= 11 is 3.13. The molecule has 0 heterocycles. The van der Waals surface area contributed by atoms with E-state index in [0.29, 0.717) is 10.9 Å². The molecular weight excluding hydrogens is 329 g/mol. The highest BCUT2D eigenvalue weighted by Gasteiger charge is 2.25. The maximum atomic E-state index is 13.7. The van der Waals surface area contributed by atoms with Crippen molar-refractivity contribution in [1.82, 2.24) is 5.32 Å². The zero-order chi connectivity index (χ0) is 15.3. The molecule has 0 aliphatic carbocycles. The van der Waals surface area contributed by atoms with Gasteiger partial charge in [-0.05, 0) is 24.1 Å². The number of primary amides is 1. The summed E-state index contributed by atoms with van der Waals surface area (Å²) < 4.78 is 14.2. The monoisotopic (exact) mass is 345 g/mol. The first-order chi connectivity index (χ1) is 9.35. The fraction of sp³-hybridized carbons (Fsp3) is 0.385. The molecule has 0 aliphatic rings. The van der Waals surface area contributed by atoms with Crippen molar-refractivity contribution in [2.75, 3.05) is 5.32 Å². The normalized spacial score (nSPS) is 13.4. The standard InChI is InChI=1S/C13H17BrFN3O2/c1-3-7(2)11(18-13(16)20)12(19)17-10-5-4-8(14)6-9(10)15/h4-7,11H,3H2,1-2H3,(H,17,19)(H3,16,18,20)/t7-,11+/m0/s1. The minimum absolute atomic E-state index is 0.0535. The smallest absolute Gasteiger partial charge is 0.312 e. The molecule has 0 saturated heterocycles. The number of anilines is 1. The molecule has 0 fully saturated rings. The third-order valence-electron chi connectivity index (χ3n) is 2.98. The van der Waals surface area contributed by atoms with Crippen LogP contribution in [0.3, 0.4) is 0 Å². The first-order valence-corrected chi connectivity index (χ1v) is 6.96. The van der Waals surface area contributed by atoms with Crippen LogP contribution in [0.2, 0.25) is 0 Å². The summed E-state index contributed by atoms with van der Waals surface area (Å²) in [7, 11) is 0. The molecule has 110 valence electrons. The van der Waals surface area contributed by atoms with Crippen LogP contribution in [0.25, 0.3) is 0 Å². The van der Waals surface area contributed by atoms with Gasteiger partial charge < -0.3 is 16.4 Å². The number of hydrogen-bond donors (Lipinski definition) is 3. The maximum Gasteiger partial charge on any atom is 0.312 e. The number of rotatable bonds is 5. The van der Waals surface area contributed by atoms with Gasteiger partial charge in [0.1, 0.15) is 11.9 Å². The molecule has 20 heavy (non-hydrogen) atoms. The van der Waals surface area contributed by atoms with Crippen molar-refractivity contribution in [2.24, 2.45) is 11.7 Å². The van der Waals surface area contributed by atoms with Gasteiger partial charge in [0, 0.05) is 4.47 Å². The lowest BCUT2D eigenvalue weighted by Crippen LogP contribution is -2.49. The van der Waals surface area contributed by atoms with Crippen molar-refractivity contribution in [3.63, 3.8) is 0 Å². The molecule has 5 nitrogen and oxygen atoms in total. The lowest BCUT2D eigenvalue weighted by Gasteiger charge is -2.22. The Kier molecular flexibility index (Phi) is 5.94. The summed E-state index contributed by atoms with van der Waals surface area (Å²) in [6.07, 6.45) is 0.668. The van der Waals surface area contributed by atoms with Gasteiger partial charge in [0.2, 0.25) is 5.91 Å². The summed E-state index contributed by atoms with van der Waals surface area (Å²) in [5.74, 6) is -1.19. The van der Waals surface area contributed by atoms with Crippen molar-refractivity contribution in [1.29, 1.82) is 0 Å². The van der Waals surface area contributed by atoms with Crippen LogP contribution in [0, 0.1) is 11.7 Å². The Bertz CT molecular complexity index is 510. The highest BCUT2D eigenvalue weighted by molar-refractivity contribution is 9.10. The first kappa shape index (κ1) is 16.4. The van der Waals surface area contributed by atoms with Gasteiger partial charge in [-0.3, -0.25) is 4.79 Å². The second-order valence-corrected chi connectivity index (χ2v) is 5.40. The molecule has 0 spiro atoms. The third-order valence-corrected chi connectivity index (χ3v) is 3.48. The number of amides is 3.